The quantitative estimate of drug-likeness (QED) is 0.818. The number of nitrogens with one attached hydrogen (secondary N) is 1. The lowest BCUT2D eigenvalue weighted by atomic mass is 10.2. The Morgan fingerprint density at radius 1 is 1.53 bits per heavy atom. The van der Waals surface area contributed by atoms with Crippen molar-refractivity contribution in [2.45, 2.75) is 26.3 Å². The van der Waals surface area contributed by atoms with Gasteiger partial charge in [-0.1, -0.05) is 0 Å². The van der Waals surface area contributed by atoms with Crippen molar-refractivity contribution >= 4 is 17.5 Å². The van der Waals surface area contributed by atoms with Crippen LogP contribution in [0.5, 0.6) is 0 Å². The van der Waals surface area contributed by atoms with Crippen LogP contribution in [0.2, 0.25) is 0 Å². The second-order valence-corrected chi connectivity index (χ2v) is 4.45. The molecular formula is C12H17ClN2O2. The molecule has 0 saturated heterocycles. The van der Waals surface area contributed by atoms with Crippen LogP contribution in [0, 0.1) is 0 Å². The molecule has 0 aliphatic carbocycles. The van der Waals surface area contributed by atoms with Gasteiger partial charge in [-0.05, 0) is 26.3 Å². The summed E-state index contributed by atoms with van der Waals surface area (Å²) in [6.45, 7) is 4.49. The lowest BCUT2D eigenvalue weighted by Crippen LogP contribution is -2.38. The number of hydrogen-bond donors (Lipinski definition) is 1. The number of aromatic nitrogens is 1. The van der Waals surface area contributed by atoms with Crippen LogP contribution in [-0.2, 0) is 0 Å². The number of carbonyl (C=O) groups excluding carboxylic acids is 1. The molecule has 0 unspecified atom stereocenters. The summed E-state index contributed by atoms with van der Waals surface area (Å²) < 4.78 is 0. The summed E-state index contributed by atoms with van der Waals surface area (Å²) in [6, 6.07) is 3.02. The molecule has 17 heavy (non-hydrogen) atoms. The number of nitrogens with zero attached hydrogens (tertiary/aromatic N) is 1. The predicted molar refractivity (Wildman–Crippen MR) is 68.6 cm³/mol. The molecule has 5 heteroatoms. The third kappa shape index (κ3) is 3.89. The van der Waals surface area contributed by atoms with Gasteiger partial charge in [0.25, 0.3) is 5.91 Å². The number of amides is 1. The smallest absolute Gasteiger partial charge is 0.254 e. The molecule has 1 heterocycles. The first-order chi connectivity index (χ1) is 8.06. The topological polar surface area (TPSA) is 53.2 Å². The van der Waals surface area contributed by atoms with Gasteiger partial charge < -0.3 is 9.88 Å². The third-order valence-corrected chi connectivity index (χ3v) is 2.71. The second-order valence-electron chi connectivity index (χ2n) is 4.08. The molecule has 0 spiro atoms. The van der Waals surface area contributed by atoms with Crippen molar-refractivity contribution in [2.75, 3.05) is 12.4 Å². The highest BCUT2D eigenvalue weighted by Gasteiger charge is 2.18. The summed E-state index contributed by atoms with van der Waals surface area (Å²) in [5.41, 5.74) is 0.147. The van der Waals surface area contributed by atoms with Gasteiger partial charge in [0.1, 0.15) is 0 Å². The highest BCUT2D eigenvalue weighted by Crippen LogP contribution is 2.07. The number of aromatic amines is 1. The Morgan fingerprint density at radius 2 is 2.24 bits per heavy atom. The van der Waals surface area contributed by atoms with E-state index in [0.717, 1.165) is 6.42 Å². The summed E-state index contributed by atoms with van der Waals surface area (Å²) in [6.07, 6.45) is 2.23. The Bertz CT molecular complexity index is 429. The number of alkyl halides is 1. The van der Waals surface area contributed by atoms with Gasteiger partial charge in [-0.15, -0.1) is 11.6 Å². The zero-order chi connectivity index (χ0) is 12.8. The van der Waals surface area contributed by atoms with E-state index in [1.54, 1.807) is 11.0 Å². The number of halogens is 1. The fourth-order valence-corrected chi connectivity index (χ4v) is 1.69. The van der Waals surface area contributed by atoms with E-state index >= 15 is 0 Å². The van der Waals surface area contributed by atoms with E-state index in [1.807, 2.05) is 13.8 Å². The van der Waals surface area contributed by atoms with Crippen LogP contribution in [0.3, 0.4) is 0 Å². The molecular weight excluding hydrogens is 240 g/mol. The SMILES string of the molecule is CC(C)N(CCCCl)C(=O)c1cc[nH]c(=O)c1. The van der Waals surface area contributed by atoms with Crippen molar-refractivity contribution in [3.05, 3.63) is 34.2 Å². The highest BCUT2D eigenvalue weighted by molar-refractivity contribution is 6.17. The summed E-state index contributed by atoms with van der Waals surface area (Å²) in [5, 5.41) is 0. The van der Waals surface area contributed by atoms with E-state index < -0.39 is 0 Å². The molecule has 0 fully saturated rings. The van der Waals surface area contributed by atoms with Gasteiger partial charge in [0.15, 0.2) is 0 Å². The Morgan fingerprint density at radius 3 is 2.76 bits per heavy atom. The van der Waals surface area contributed by atoms with E-state index in [9.17, 15) is 9.59 Å². The molecule has 0 bridgehead atoms. The molecule has 1 N–H and O–H groups in total. The zero-order valence-electron chi connectivity index (χ0n) is 10.1. The molecule has 1 aromatic heterocycles. The summed E-state index contributed by atoms with van der Waals surface area (Å²) in [7, 11) is 0. The van der Waals surface area contributed by atoms with Crippen molar-refractivity contribution in [3.63, 3.8) is 0 Å². The van der Waals surface area contributed by atoms with Crippen molar-refractivity contribution < 1.29 is 4.79 Å². The fraction of sp³-hybridized carbons (Fsp3) is 0.500. The molecule has 0 radical (unpaired) electrons. The standard InChI is InChI=1S/C12H17ClN2O2/c1-9(2)15(7-3-5-13)12(17)10-4-6-14-11(16)8-10/h4,6,8-9H,3,5,7H2,1-2H3,(H,14,16). The molecule has 1 rings (SSSR count). The van der Waals surface area contributed by atoms with Gasteiger partial charge in [0.2, 0.25) is 5.56 Å². The van der Waals surface area contributed by atoms with E-state index in [-0.39, 0.29) is 17.5 Å². The van der Waals surface area contributed by atoms with E-state index in [0.29, 0.717) is 18.0 Å². The lowest BCUT2D eigenvalue weighted by molar-refractivity contribution is 0.0706. The first kappa shape index (κ1) is 13.8. The Labute approximate surface area is 106 Å². The van der Waals surface area contributed by atoms with Crippen LogP contribution < -0.4 is 5.56 Å². The molecule has 0 aliphatic heterocycles. The minimum atomic E-state index is -0.267. The third-order valence-electron chi connectivity index (χ3n) is 2.44. The maximum absolute atomic E-state index is 12.2. The van der Waals surface area contributed by atoms with Crippen molar-refractivity contribution in [1.29, 1.82) is 0 Å². The van der Waals surface area contributed by atoms with Crippen molar-refractivity contribution in [1.82, 2.24) is 9.88 Å². The molecule has 0 saturated carbocycles. The molecule has 94 valence electrons. The van der Waals surface area contributed by atoms with Crippen LogP contribution in [0.1, 0.15) is 30.6 Å². The minimum Gasteiger partial charge on any atom is -0.336 e. The van der Waals surface area contributed by atoms with Crippen LogP contribution in [0.4, 0.5) is 0 Å². The molecule has 4 nitrogen and oxygen atoms in total. The molecule has 0 atom stereocenters. The maximum Gasteiger partial charge on any atom is 0.254 e. The summed E-state index contributed by atoms with van der Waals surface area (Å²) >= 11 is 5.63. The van der Waals surface area contributed by atoms with E-state index in [2.05, 4.69) is 4.98 Å². The van der Waals surface area contributed by atoms with Crippen molar-refractivity contribution in [3.8, 4) is 0 Å². The van der Waals surface area contributed by atoms with Gasteiger partial charge in [-0.25, -0.2) is 0 Å². The molecule has 1 aromatic rings. The van der Waals surface area contributed by atoms with Gasteiger partial charge in [-0.3, -0.25) is 9.59 Å². The van der Waals surface area contributed by atoms with Gasteiger partial charge in [0, 0.05) is 36.3 Å². The highest BCUT2D eigenvalue weighted by atomic mass is 35.5. The first-order valence-corrected chi connectivity index (χ1v) is 6.15. The monoisotopic (exact) mass is 256 g/mol. The Hall–Kier alpha value is -1.29. The Balaban J connectivity index is 2.87. The first-order valence-electron chi connectivity index (χ1n) is 5.62. The van der Waals surface area contributed by atoms with Crippen LogP contribution in [0.25, 0.3) is 0 Å². The van der Waals surface area contributed by atoms with Crippen LogP contribution in [-0.4, -0.2) is 34.3 Å². The normalized spacial score (nSPS) is 10.6. The van der Waals surface area contributed by atoms with Gasteiger partial charge in [-0.2, -0.15) is 0 Å². The van der Waals surface area contributed by atoms with Crippen molar-refractivity contribution in [2.24, 2.45) is 0 Å². The molecule has 1 amide bonds. The van der Waals surface area contributed by atoms with E-state index in [4.69, 9.17) is 11.6 Å². The number of H-pyrrole nitrogens is 1. The average molecular weight is 257 g/mol. The van der Waals surface area contributed by atoms with Crippen LogP contribution in [0.15, 0.2) is 23.1 Å². The van der Waals surface area contributed by atoms with Gasteiger partial charge >= 0.3 is 0 Å². The minimum absolute atomic E-state index is 0.0880. The summed E-state index contributed by atoms with van der Waals surface area (Å²) in [5.74, 6) is 0.391. The predicted octanol–water partition coefficient (Wildman–Crippen LogP) is 1.85. The zero-order valence-corrected chi connectivity index (χ0v) is 10.8. The fourth-order valence-electron chi connectivity index (χ4n) is 1.57. The largest absolute Gasteiger partial charge is 0.336 e. The van der Waals surface area contributed by atoms with E-state index in [1.165, 1.54) is 12.3 Å². The number of rotatable bonds is 5. The average Bonchev–Trinajstić information content (AvgIpc) is 2.29. The van der Waals surface area contributed by atoms with Gasteiger partial charge in [0.05, 0.1) is 0 Å². The van der Waals surface area contributed by atoms with Crippen LogP contribution >= 0.6 is 11.6 Å². The molecule has 0 aliphatic rings. The molecule has 0 aromatic carbocycles. The number of pyridine rings is 1. The second kappa shape index (κ2) is 6.45. The number of hydrogen-bond acceptors (Lipinski definition) is 2. The lowest BCUT2D eigenvalue weighted by Gasteiger charge is -2.26. The number of carbonyl (C=O) groups is 1. The summed E-state index contributed by atoms with van der Waals surface area (Å²) in [4.78, 5) is 27.5. The maximum atomic E-state index is 12.2. The Kier molecular flexibility index (Phi) is 5.22.